The van der Waals surface area contributed by atoms with E-state index in [4.69, 9.17) is 10.2 Å². The molecule has 0 aromatic heterocycles. The summed E-state index contributed by atoms with van der Waals surface area (Å²) in [6, 6.07) is 0. The number of rotatable bonds is 2. The first-order valence-electron chi connectivity index (χ1n) is 1.80. The van der Waals surface area contributed by atoms with Crippen LogP contribution in [0.3, 0.4) is 0 Å². The van der Waals surface area contributed by atoms with Gasteiger partial charge in [0.25, 0.3) is 0 Å². The fourth-order valence-corrected chi connectivity index (χ4v) is 0.0915. The van der Waals surface area contributed by atoms with Gasteiger partial charge < -0.3 is 10.2 Å². The van der Waals surface area contributed by atoms with Gasteiger partial charge in [-0.05, 0) is 0 Å². The summed E-state index contributed by atoms with van der Waals surface area (Å²) >= 11 is 6.48. The Hall–Kier alpha value is -0.360. The average Bonchev–Trinajstić information content (AvgIpc) is 1.65. The molecule has 0 aliphatic heterocycles. The van der Waals surface area contributed by atoms with E-state index in [9.17, 15) is 9.59 Å². The van der Waals surface area contributed by atoms with Crippen molar-refractivity contribution in [3.05, 3.63) is 0 Å². The van der Waals surface area contributed by atoms with Gasteiger partial charge in [0.2, 0.25) is 4.08 Å². The molecule has 0 aromatic carbocycles. The Morgan fingerprint density at radius 3 is 1.33 bits per heavy atom. The normalized spacial score (nSPS) is 10.9. The van der Waals surface area contributed by atoms with Crippen LogP contribution in [0.1, 0.15) is 0 Å². The van der Waals surface area contributed by atoms with E-state index in [0.29, 0.717) is 0 Å². The maximum atomic E-state index is 9.93. The van der Waals surface area contributed by atoms with Crippen LogP contribution >= 0.6 is 25.3 Å². The van der Waals surface area contributed by atoms with Crippen LogP contribution in [0.25, 0.3) is 0 Å². The van der Waals surface area contributed by atoms with Crippen LogP contribution in [0.2, 0.25) is 0 Å². The lowest BCUT2D eigenvalue weighted by Crippen LogP contribution is -2.35. The lowest BCUT2D eigenvalue weighted by molar-refractivity contribution is -0.147. The molecule has 0 amide bonds. The monoisotopic (exact) mass is 168 g/mol. The first-order chi connectivity index (χ1) is 3.89. The zero-order valence-electron chi connectivity index (χ0n) is 4.11. The van der Waals surface area contributed by atoms with Gasteiger partial charge in [-0.25, -0.2) is 9.59 Å². The fraction of sp³-hybridized carbons (Fsp3) is 0.333. The number of hydrogen-bond acceptors (Lipinski definition) is 4. The average molecular weight is 168 g/mol. The molecule has 0 unspecified atom stereocenters. The Kier molecular flexibility index (Phi) is 2.39. The third-order valence-corrected chi connectivity index (χ3v) is 1.36. The molecule has 0 heterocycles. The van der Waals surface area contributed by atoms with Crippen LogP contribution < -0.4 is 0 Å². The number of thiol groups is 2. The second-order valence-corrected chi connectivity index (χ2v) is 2.98. The Labute approximate surface area is 61.7 Å². The Morgan fingerprint density at radius 2 is 1.33 bits per heavy atom. The third kappa shape index (κ3) is 1.79. The molecule has 6 heteroatoms. The van der Waals surface area contributed by atoms with Gasteiger partial charge in [-0.3, -0.25) is 0 Å². The first kappa shape index (κ1) is 8.64. The largest absolute Gasteiger partial charge is 0.479 e. The van der Waals surface area contributed by atoms with Gasteiger partial charge >= 0.3 is 11.9 Å². The molecule has 4 nitrogen and oxygen atoms in total. The van der Waals surface area contributed by atoms with Gasteiger partial charge in [0.05, 0.1) is 0 Å². The molecule has 0 aliphatic carbocycles. The predicted molar refractivity (Wildman–Crippen MR) is 36.0 cm³/mol. The molecule has 52 valence electrons. The van der Waals surface area contributed by atoms with Crippen LogP contribution in [0.4, 0.5) is 0 Å². The Morgan fingerprint density at radius 1 is 1.11 bits per heavy atom. The van der Waals surface area contributed by atoms with Crippen molar-refractivity contribution in [1.82, 2.24) is 0 Å². The minimum absolute atomic E-state index is 1.60. The van der Waals surface area contributed by atoms with E-state index in [-0.39, 0.29) is 0 Å². The molecule has 0 rings (SSSR count). The quantitative estimate of drug-likeness (QED) is 0.260. The van der Waals surface area contributed by atoms with Crippen LogP contribution in [0.15, 0.2) is 0 Å². The summed E-state index contributed by atoms with van der Waals surface area (Å²) in [5.74, 6) is -3.19. The highest BCUT2D eigenvalue weighted by Gasteiger charge is 2.38. The Balaban J connectivity index is 4.38. The zero-order chi connectivity index (χ0) is 7.65. The van der Waals surface area contributed by atoms with E-state index in [1.807, 2.05) is 0 Å². The minimum atomic E-state index is -2.28. The van der Waals surface area contributed by atoms with Crippen molar-refractivity contribution in [1.29, 1.82) is 0 Å². The second kappa shape index (κ2) is 2.49. The molecule has 0 aliphatic rings. The molecular formula is C3H4O4S2. The summed E-state index contributed by atoms with van der Waals surface area (Å²) in [4.78, 5) is 19.9. The molecule has 0 saturated carbocycles. The second-order valence-electron chi connectivity index (χ2n) is 1.28. The molecule has 0 aromatic rings. The maximum Gasteiger partial charge on any atom is 0.341 e. The minimum Gasteiger partial charge on any atom is -0.479 e. The summed E-state index contributed by atoms with van der Waals surface area (Å²) < 4.78 is -2.28. The lowest BCUT2D eigenvalue weighted by atomic mass is 10.4. The van der Waals surface area contributed by atoms with Crippen LogP contribution in [-0.2, 0) is 9.59 Å². The van der Waals surface area contributed by atoms with Gasteiger partial charge in [0.1, 0.15) is 0 Å². The highest BCUT2D eigenvalue weighted by atomic mass is 32.2. The van der Waals surface area contributed by atoms with Crippen molar-refractivity contribution in [2.24, 2.45) is 0 Å². The SMILES string of the molecule is O=C(O)C(S)(S)C(=O)O. The smallest absolute Gasteiger partial charge is 0.341 e. The van der Waals surface area contributed by atoms with Crippen molar-refractivity contribution in [3.8, 4) is 0 Å². The van der Waals surface area contributed by atoms with E-state index < -0.39 is 16.0 Å². The summed E-state index contributed by atoms with van der Waals surface area (Å²) in [7, 11) is 0. The number of carbonyl (C=O) groups is 2. The highest BCUT2D eigenvalue weighted by molar-refractivity contribution is 8.03. The zero-order valence-corrected chi connectivity index (χ0v) is 5.89. The topological polar surface area (TPSA) is 74.6 Å². The molecule has 2 N–H and O–H groups in total. The van der Waals surface area contributed by atoms with E-state index >= 15 is 0 Å². The van der Waals surface area contributed by atoms with Crippen LogP contribution in [0.5, 0.6) is 0 Å². The van der Waals surface area contributed by atoms with E-state index in [1.165, 1.54) is 0 Å². The number of carboxylic acids is 2. The van der Waals surface area contributed by atoms with E-state index in [2.05, 4.69) is 25.3 Å². The van der Waals surface area contributed by atoms with Crippen molar-refractivity contribution in [2.45, 2.75) is 4.08 Å². The van der Waals surface area contributed by atoms with Crippen molar-refractivity contribution >= 4 is 37.2 Å². The van der Waals surface area contributed by atoms with Crippen molar-refractivity contribution in [3.63, 3.8) is 0 Å². The standard InChI is InChI=1S/C3H4O4S2/c4-1(5)3(8,9)2(6)7/h8-9H,(H,4,5)(H,6,7). The van der Waals surface area contributed by atoms with Gasteiger partial charge in [-0.1, -0.05) is 0 Å². The van der Waals surface area contributed by atoms with Crippen molar-refractivity contribution in [2.75, 3.05) is 0 Å². The molecule has 0 fully saturated rings. The van der Waals surface area contributed by atoms with Gasteiger partial charge in [0.15, 0.2) is 0 Å². The number of aliphatic carboxylic acids is 2. The Bertz CT molecular complexity index is 136. The molecule has 0 spiro atoms. The molecule has 9 heavy (non-hydrogen) atoms. The molecule has 0 atom stereocenters. The summed E-state index contributed by atoms with van der Waals surface area (Å²) in [5.41, 5.74) is 0. The van der Waals surface area contributed by atoms with Crippen LogP contribution in [-0.4, -0.2) is 26.2 Å². The fourth-order valence-electron chi connectivity index (χ4n) is 0.0915. The van der Waals surface area contributed by atoms with Crippen LogP contribution in [0, 0.1) is 0 Å². The summed E-state index contributed by atoms with van der Waals surface area (Å²) in [6.07, 6.45) is 0. The molecule has 0 saturated heterocycles. The predicted octanol–water partition coefficient (Wildman–Crippen LogP) is -0.289. The van der Waals surface area contributed by atoms with Gasteiger partial charge in [-0.2, -0.15) is 0 Å². The summed E-state index contributed by atoms with van der Waals surface area (Å²) in [6.45, 7) is 0. The molecule has 0 radical (unpaired) electrons. The number of hydrogen-bond donors (Lipinski definition) is 4. The first-order valence-corrected chi connectivity index (χ1v) is 2.70. The highest BCUT2D eigenvalue weighted by Crippen LogP contribution is 2.19. The molecule has 0 bridgehead atoms. The van der Waals surface area contributed by atoms with Crippen molar-refractivity contribution < 1.29 is 19.8 Å². The number of carboxylic acid groups (broad SMARTS) is 2. The van der Waals surface area contributed by atoms with Gasteiger partial charge in [0, 0.05) is 0 Å². The molecular weight excluding hydrogens is 164 g/mol. The maximum absolute atomic E-state index is 9.93. The van der Waals surface area contributed by atoms with E-state index in [0.717, 1.165) is 0 Å². The van der Waals surface area contributed by atoms with Gasteiger partial charge in [-0.15, -0.1) is 25.3 Å². The third-order valence-electron chi connectivity index (χ3n) is 0.596. The summed E-state index contributed by atoms with van der Waals surface area (Å²) in [5, 5.41) is 16.2. The van der Waals surface area contributed by atoms with E-state index in [1.54, 1.807) is 0 Å². The lowest BCUT2D eigenvalue weighted by Gasteiger charge is -2.08.